The van der Waals surface area contributed by atoms with E-state index >= 15 is 0 Å². The Morgan fingerprint density at radius 1 is 1.47 bits per heavy atom. The molecule has 2 N–H and O–H groups in total. The third-order valence-electron chi connectivity index (χ3n) is 3.27. The third-order valence-corrected chi connectivity index (χ3v) is 3.27. The van der Waals surface area contributed by atoms with Gasteiger partial charge in [-0.05, 0) is 18.6 Å². The molecule has 0 radical (unpaired) electrons. The maximum atomic E-state index is 11.1. The zero-order chi connectivity index (χ0) is 12.6. The molecule has 1 heterocycles. The largest absolute Gasteiger partial charge is 0.478 e. The van der Waals surface area contributed by atoms with E-state index in [0.29, 0.717) is 5.52 Å². The van der Waals surface area contributed by atoms with Crippen molar-refractivity contribution >= 4 is 17.0 Å². The molecule has 0 aliphatic rings. The molecule has 1 aromatic carbocycles. The van der Waals surface area contributed by atoms with Crippen LogP contribution in [0.25, 0.3) is 11.0 Å². The number of carboxylic acid groups (broad SMARTS) is 1. The number of hydrogen-bond donors (Lipinski definition) is 2. The second-order valence-corrected chi connectivity index (χ2v) is 4.83. The van der Waals surface area contributed by atoms with Crippen molar-refractivity contribution < 1.29 is 9.90 Å². The Kier molecular flexibility index (Phi) is 2.65. The second-order valence-electron chi connectivity index (χ2n) is 4.83. The zero-order valence-corrected chi connectivity index (χ0v) is 10.2. The van der Waals surface area contributed by atoms with Gasteiger partial charge < -0.3 is 10.1 Å². The van der Waals surface area contributed by atoms with Crippen LogP contribution in [0.2, 0.25) is 0 Å². The van der Waals surface area contributed by atoms with Crippen LogP contribution in [0, 0.1) is 0 Å². The summed E-state index contributed by atoms with van der Waals surface area (Å²) >= 11 is 0. The lowest BCUT2D eigenvalue weighted by Gasteiger charge is -2.18. The molecule has 0 unspecified atom stereocenters. The Balaban J connectivity index is 2.66. The Bertz CT molecular complexity index is 570. The smallest absolute Gasteiger partial charge is 0.337 e. The lowest BCUT2D eigenvalue weighted by molar-refractivity contribution is 0.0699. The van der Waals surface area contributed by atoms with Gasteiger partial charge in [-0.15, -0.1) is 0 Å². The van der Waals surface area contributed by atoms with Crippen molar-refractivity contribution in [3.63, 3.8) is 0 Å². The summed E-state index contributed by atoms with van der Waals surface area (Å²) in [6.45, 7) is 6.27. The highest BCUT2D eigenvalue weighted by molar-refractivity contribution is 6.00. The topological polar surface area (TPSA) is 66.0 Å². The minimum atomic E-state index is -0.942. The van der Waals surface area contributed by atoms with Gasteiger partial charge in [-0.1, -0.05) is 26.8 Å². The van der Waals surface area contributed by atoms with Gasteiger partial charge in [0, 0.05) is 5.41 Å². The number of aromatic amines is 1. The number of nitrogens with one attached hydrogen (secondary N) is 1. The summed E-state index contributed by atoms with van der Waals surface area (Å²) in [4.78, 5) is 18.7. The normalized spacial score (nSPS) is 11.9. The summed E-state index contributed by atoms with van der Waals surface area (Å²) in [7, 11) is 0. The first-order valence-electron chi connectivity index (χ1n) is 5.68. The number of carbonyl (C=O) groups is 1. The van der Waals surface area contributed by atoms with E-state index in [2.05, 4.69) is 30.7 Å². The molecule has 4 heteroatoms. The van der Waals surface area contributed by atoms with Crippen molar-refractivity contribution in [2.45, 2.75) is 32.6 Å². The quantitative estimate of drug-likeness (QED) is 0.855. The first-order valence-corrected chi connectivity index (χ1v) is 5.68. The van der Waals surface area contributed by atoms with Crippen LogP contribution in [-0.2, 0) is 5.41 Å². The molecule has 0 aliphatic carbocycles. The van der Waals surface area contributed by atoms with Gasteiger partial charge in [0.15, 0.2) is 0 Å². The van der Waals surface area contributed by atoms with Crippen LogP contribution in [0.5, 0.6) is 0 Å². The van der Waals surface area contributed by atoms with Crippen molar-refractivity contribution in [3.05, 3.63) is 29.6 Å². The van der Waals surface area contributed by atoms with Gasteiger partial charge in [0.2, 0.25) is 0 Å². The van der Waals surface area contributed by atoms with Gasteiger partial charge in [-0.25, -0.2) is 9.78 Å². The first kappa shape index (κ1) is 11.6. The average Bonchev–Trinajstić information content (AvgIpc) is 2.72. The molecule has 1 aromatic heterocycles. The molecule has 0 amide bonds. The van der Waals surface area contributed by atoms with E-state index < -0.39 is 5.97 Å². The van der Waals surface area contributed by atoms with Crippen molar-refractivity contribution in [3.8, 4) is 0 Å². The van der Waals surface area contributed by atoms with Crippen molar-refractivity contribution in [1.82, 2.24) is 9.97 Å². The SMILES string of the molecule is CCC(C)(C)c1nc2c(C(=O)O)cccc2[nH]1. The summed E-state index contributed by atoms with van der Waals surface area (Å²) in [5.41, 5.74) is 1.49. The number of fused-ring (bicyclic) bond motifs is 1. The number of carboxylic acids is 1. The fourth-order valence-corrected chi connectivity index (χ4v) is 1.69. The molecule has 0 fully saturated rings. The number of imidazole rings is 1. The molecule has 0 atom stereocenters. The van der Waals surface area contributed by atoms with E-state index in [1.54, 1.807) is 12.1 Å². The summed E-state index contributed by atoms with van der Waals surface area (Å²) < 4.78 is 0. The number of para-hydroxylation sites is 1. The molecule has 0 bridgehead atoms. The van der Waals surface area contributed by atoms with Crippen molar-refractivity contribution in [2.75, 3.05) is 0 Å². The summed E-state index contributed by atoms with van der Waals surface area (Å²) in [5.74, 6) is -0.105. The van der Waals surface area contributed by atoms with Gasteiger partial charge in [-0.3, -0.25) is 0 Å². The van der Waals surface area contributed by atoms with Crippen LogP contribution in [0.1, 0.15) is 43.4 Å². The molecule has 90 valence electrons. The predicted molar refractivity (Wildman–Crippen MR) is 66.4 cm³/mol. The van der Waals surface area contributed by atoms with Crippen molar-refractivity contribution in [1.29, 1.82) is 0 Å². The maximum Gasteiger partial charge on any atom is 0.337 e. The lowest BCUT2D eigenvalue weighted by Crippen LogP contribution is -2.17. The van der Waals surface area contributed by atoms with Crippen LogP contribution >= 0.6 is 0 Å². The first-order chi connectivity index (χ1) is 7.95. The van der Waals surface area contributed by atoms with Gasteiger partial charge >= 0.3 is 5.97 Å². The number of aromatic nitrogens is 2. The maximum absolute atomic E-state index is 11.1. The zero-order valence-electron chi connectivity index (χ0n) is 10.2. The third kappa shape index (κ3) is 1.90. The molecular formula is C13H16N2O2. The highest BCUT2D eigenvalue weighted by Crippen LogP contribution is 2.27. The van der Waals surface area contributed by atoms with Crippen LogP contribution < -0.4 is 0 Å². The minimum Gasteiger partial charge on any atom is -0.478 e. The van der Waals surface area contributed by atoms with E-state index in [1.165, 1.54) is 0 Å². The van der Waals surface area contributed by atoms with Gasteiger partial charge in [-0.2, -0.15) is 0 Å². The molecule has 0 spiro atoms. The van der Waals surface area contributed by atoms with E-state index in [4.69, 9.17) is 5.11 Å². The van der Waals surface area contributed by atoms with Crippen LogP contribution in [0.4, 0.5) is 0 Å². The van der Waals surface area contributed by atoms with Gasteiger partial charge in [0.05, 0.1) is 11.1 Å². The highest BCUT2D eigenvalue weighted by atomic mass is 16.4. The minimum absolute atomic E-state index is 0.0746. The summed E-state index contributed by atoms with van der Waals surface area (Å²) in [6, 6.07) is 5.16. The molecule has 0 saturated carbocycles. The fourth-order valence-electron chi connectivity index (χ4n) is 1.69. The van der Waals surface area contributed by atoms with Crippen LogP contribution in [0.3, 0.4) is 0 Å². The summed E-state index contributed by atoms with van der Waals surface area (Å²) in [6.07, 6.45) is 0.940. The van der Waals surface area contributed by atoms with E-state index in [-0.39, 0.29) is 11.0 Å². The van der Waals surface area contributed by atoms with Crippen molar-refractivity contribution in [2.24, 2.45) is 0 Å². The molecule has 4 nitrogen and oxygen atoms in total. The van der Waals surface area contributed by atoms with Crippen LogP contribution in [-0.4, -0.2) is 21.0 Å². The number of aromatic carboxylic acids is 1. The Labute approximate surface area is 99.7 Å². The summed E-state index contributed by atoms with van der Waals surface area (Å²) in [5, 5.41) is 9.10. The standard InChI is InChI=1S/C13H16N2O2/c1-4-13(2,3)12-14-9-7-5-6-8(11(16)17)10(9)15-12/h5-7H,4H2,1-3H3,(H,14,15)(H,16,17). The molecule has 2 aromatic rings. The monoisotopic (exact) mass is 232 g/mol. The number of hydrogen-bond acceptors (Lipinski definition) is 2. The predicted octanol–water partition coefficient (Wildman–Crippen LogP) is 2.95. The molecule has 0 aliphatic heterocycles. The Hall–Kier alpha value is -1.84. The number of rotatable bonds is 3. The van der Waals surface area contributed by atoms with E-state index in [9.17, 15) is 4.79 Å². The molecular weight excluding hydrogens is 216 g/mol. The number of H-pyrrole nitrogens is 1. The molecule has 0 saturated heterocycles. The number of nitrogens with zero attached hydrogens (tertiary/aromatic N) is 1. The Morgan fingerprint density at radius 3 is 2.76 bits per heavy atom. The highest BCUT2D eigenvalue weighted by Gasteiger charge is 2.23. The van der Waals surface area contributed by atoms with Gasteiger partial charge in [0.25, 0.3) is 0 Å². The average molecular weight is 232 g/mol. The fraction of sp³-hybridized carbons (Fsp3) is 0.385. The van der Waals surface area contributed by atoms with Gasteiger partial charge in [0.1, 0.15) is 11.3 Å². The lowest BCUT2D eigenvalue weighted by atomic mass is 9.90. The molecule has 2 rings (SSSR count). The van der Waals surface area contributed by atoms with E-state index in [0.717, 1.165) is 17.8 Å². The molecule has 17 heavy (non-hydrogen) atoms. The van der Waals surface area contributed by atoms with Crippen LogP contribution in [0.15, 0.2) is 18.2 Å². The second kappa shape index (κ2) is 3.87. The Morgan fingerprint density at radius 2 is 2.18 bits per heavy atom. The van der Waals surface area contributed by atoms with E-state index in [1.807, 2.05) is 6.07 Å². The number of benzene rings is 1.